The summed E-state index contributed by atoms with van der Waals surface area (Å²) < 4.78 is 34.5. The third-order valence-corrected chi connectivity index (χ3v) is 19.8. The Morgan fingerprint density at radius 1 is 0.370 bits per heavy atom. The van der Waals surface area contributed by atoms with Crippen LogP contribution in [0.3, 0.4) is 0 Å². The first-order valence-electron chi connectivity index (χ1n) is 40.2. The van der Waals surface area contributed by atoms with E-state index in [4.69, 9.17) is 28.4 Å². The molecule has 0 aliphatic carbocycles. The summed E-state index contributed by atoms with van der Waals surface area (Å²) in [4.78, 5) is 13.5. The Bertz CT molecular complexity index is 2090. The molecule has 3 rings (SSSR count). The molecule has 19 nitrogen and oxygen atoms in total. The maximum atomic E-state index is 13.5. The summed E-state index contributed by atoms with van der Waals surface area (Å²) in [5, 5.41) is 121. The number of carbonyl (C=O) groups is 1. The van der Waals surface area contributed by atoms with Gasteiger partial charge in [0.05, 0.1) is 38.6 Å². The molecule has 17 unspecified atom stereocenters. The maximum absolute atomic E-state index is 13.5. The molecule has 12 N–H and O–H groups in total. The Balaban J connectivity index is 1.36. The fourth-order valence-electron chi connectivity index (χ4n) is 13.3. The number of rotatable bonds is 63. The molecule has 0 saturated carbocycles. The Morgan fingerprint density at radius 2 is 0.690 bits per heavy atom. The Morgan fingerprint density at radius 3 is 1.08 bits per heavy atom. The number of amides is 1. The third kappa shape index (κ3) is 41.2. The lowest BCUT2D eigenvalue weighted by Crippen LogP contribution is -2.66. The summed E-state index contributed by atoms with van der Waals surface area (Å²) in [5.74, 6) is -0.273. The first kappa shape index (κ1) is 91.4. The lowest BCUT2D eigenvalue weighted by molar-refractivity contribution is -0.379. The van der Waals surface area contributed by atoms with E-state index in [1.54, 1.807) is 6.08 Å². The van der Waals surface area contributed by atoms with E-state index >= 15 is 0 Å². The fourth-order valence-corrected chi connectivity index (χ4v) is 13.3. The molecule has 0 radical (unpaired) electrons. The highest BCUT2D eigenvalue weighted by Crippen LogP contribution is 2.33. The van der Waals surface area contributed by atoms with Crippen LogP contribution in [-0.2, 0) is 33.2 Å². The topological polar surface area (TPSA) is 307 Å². The number of hydrogen-bond acceptors (Lipinski definition) is 18. The van der Waals surface area contributed by atoms with E-state index in [1.807, 2.05) is 6.08 Å². The van der Waals surface area contributed by atoms with Gasteiger partial charge in [0, 0.05) is 6.42 Å². The standard InChI is InChI=1S/C81H145NO18/c1-3-5-7-9-11-13-15-17-19-21-23-25-27-28-29-30-31-32-33-34-35-36-37-39-41-43-45-47-49-51-53-55-57-59-69(87)82-64(65(86)58-56-54-52-50-48-46-44-42-40-38-26-24-22-20-18-16-14-12-10-8-6-4-2)63-95-79-75(93)72(90)77(67(61-84)97-79)100-81-76(94)73(91)78(68(62-85)98-81)99-80-74(92)71(89)70(88)66(60-83)96-80/h5,7,11,13,17,19,23,25,28-29,56,58,64-68,70-81,83-86,88-94H,3-4,6,8-10,12,14-16,18,20-22,24,26-27,30-55,57,59-63H2,1-2H3,(H,82,87)/b7-5-,13-11-,19-17-,25-23-,29-28-,58-56+. The van der Waals surface area contributed by atoms with Crippen molar-refractivity contribution >= 4 is 5.91 Å². The molecule has 1 amide bonds. The average molecular weight is 1420 g/mol. The molecule has 100 heavy (non-hydrogen) atoms. The van der Waals surface area contributed by atoms with Crippen molar-refractivity contribution in [2.24, 2.45) is 0 Å². The van der Waals surface area contributed by atoms with Gasteiger partial charge < -0.3 is 89.9 Å². The lowest BCUT2D eigenvalue weighted by atomic mass is 9.96. The van der Waals surface area contributed by atoms with Crippen molar-refractivity contribution in [1.29, 1.82) is 0 Å². The first-order chi connectivity index (χ1) is 48.8. The molecule has 0 aromatic carbocycles. The summed E-state index contributed by atoms with van der Waals surface area (Å²) in [5.41, 5.74) is 0. The molecule has 3 heterocycles. The quantitative estimate of drug-likeness (QED) is 0.0199. The van der Waals surface area contributed by atoms with Crippen molar-refractivity contribution in [1.82, 2.24) is 5.32 Å². The second-order valence-electron chi connectivity index (χ2n) is 28.5. The highest BCUT2D eigenvalue weighted by atomic mass is 16.8. The van der Waals surface area contributed by atoms with Gasteiger partial charge in [-0.2, -0.15) is 0 Å². The molecule has 0 aromatic rings. The highest BCUT2D eigenvalue weighted by Gasteiger charge is 2.54. The highest BCUT2D eigenvalue weighted by molar-refractivity contribution is 5.76. The SMILES string of the molecule is CC/C=C\C/C=C\C/C=C\C/C=C\C/C=C\CCCCCCCCCCCCCCCCCCCC(=O)NC(COC1OC(CO)C(OC2OC(CO)C(OC3OC(CO)C(O)C(O)C3O)C(O)C2O)C(O)C1O)C(O)/C=C/CCCCCCCCCCCCCCCCCCCCCC. The van der Waals surface area contributed by atoms with E-state index in [0.29, 0.717) is 6.42 Å². The normalized spacial score (nSPS) is 26.8. The first-order valence-corrected chi connectivity index (χ1v) is 40.2. The van der Waals surface area contributed by atoms with E-state index < -0.39 is 124 Å². The fraction of sp³-hybridized carbons (Fsp3) is 0.840. The van der Waals surface area contributed by atoms with Crippen molar-refractivity contribution in [2.75, 3.05) is 26.4 Å². The van der Waals surface area contributed by atoms with Crippen molar-refractivity contribution in [3.63, 3.8) is 0 Å². The van der Waals surface area contributed by atoms with Gasteiger partial charge in [-0.25, -0.2) is 0 Å². The molecule has 0 aromatic heterocycles. The van der Waals surface area contributed by atoms with Gasteiger partial charge in [-0.05, 0) is 64.2 Å². The Kier molecular flexibility index (Phi) is 56.1. The van der Waals surface area contributed by atoms with Gasteiger partial charge in [0.15, 0.2) is 18.9 Å². The van der Waals surface area contributed by atoms with E-state index in [9.17, 15) is 61.0 Å². The number of allylic oxidation sites excluding steroid dienone is 11. The number of aliphatic hydroxyl groups excluding tert-OH is 11. The predicted molar refractivity (Wildman–Crippen MR) is 397 cm³/mol. The number of hydrogen-bond donors (Lipinski definition) is 12. The minimum absolute atomic E-state index is 0.243. The van der Waals surface area contributed by atoms with E-state index in [0.717, 1.165) is 77.0 Å². The van der Waals surface area contributed by atoms with Crippen molar-refractivity contribution in [3.05, 3.63) is 72.9 Å². The molecule has 3 aliphatic rings. The molecule has 3 fully saturated rings. The number of nitrogens with one attached hydrogen (secondary N) is 1. The van der Waals surface area contributed by atoms with Crippen LogP contribution in [0.5, 0.6) is 0 Å². The molecule has 19 heteroatoms. The number of ether oxygens (including phenoxy) is 6. The molecular formula is C81H145NO18. The van der Waals surface area contributed by atoms with Gasteiger partial charge in [-0.15, -0.1) is 0 Å². The van der Waals surface area contributed by atoms with Gasteiger partial charge in [0.2, 0.25) is 5.91 Å². The minimum atomic E-state index is -1.98. The molecule has 3 aliphatic heterocycles. The van der Waals surface area contributed by atoms with Crippen LogP contribution in [0.25, 0.3) is 0 Å². The maximum Gasteiger partial charge on any atom is 0.220 e. The van der Waals surface area contributed by atoms with E-state index in [-0.39, 0.29) is 18.9 Å². The predicted octanol–water partition coefficient (Wildman–Crippen LogP) is 13.2. The summed E-state index contributed by atoms with van der Waals surface area (Å²) in [7, 11) is 0. The summed E-state index contributed by atoms with van der Waals surface area (Å²) >= 11 is 0. The van der Waals surface area contributed by atoms with E-state index in [1.165, 1.54) is 199 Å². The molecule has 0 bridgehead atoms. The summed E-state index contributed by atoms with van der Waals surface area (Å²) in [6, 6.07) is -0.976. The van der Waals surface area contributed by atoms with Crippen LogP contribution in [0.1, 0.15) is 303 Å². The van der Waals surface area contributed by atoms with Crippen LogP contribution in [0.4, 0.5) is 0 Å². The second kappa shape index (κ2) is 61.4. The van der Waals surface area contributed by atoms with Crippen LogP contribution in [-0.4, -0.2) is 193 Å². The zero-order valence-corrected chi connectivity index (χ0v) is 62.2. The lowest BCUT2D eigenvalue weighted by Gasteiger charge is -2.48. The minimum Gasteiger partial charge on any atom is -0.394 e. The molecular weight excluding hydrogens is 1270 g/mol. The zero-order chi connectivity index (χ0) is 72.5. The van der Waals surface area contributed by atoms with Gasteiger partial charge >= 0.3 is 0 Å². The number of aliphatic hydroxyl groups is 11. The zero-order valence-electron chi connectivity index (χ0n) is 62.2. The number of carbonyl (C=O) groups excluding carboxylic acids is 1. The largest absolute Gasteiger partial charge is 0.394 e. The smallest absolute Gasteiger partial charge is 0.220 e. The summed E-state index contributed by atoms with van der Waals surface area (Å²) in [6.07, 6.45) is 53.1. The average Bonchev–Trinajstić information content (AvgIpc) is 0.783. The van der Waals surface area contributed by atoms with E-state index in [2.05, 4.69) is 79.9 Å². The third-order valence-electron chi connectivity index (χ3n) is 19.8. The Labute approximate surface area is 604 Å². The monoisotopic (exact) mass is 1420 g/mol. The van der Waals surface area contributed by atoms with Crippen LogP contribution in [0.15, 0.2) is 72.9 Å². The van der Waals surface area contributed by atoms with Gasteiger partial charge in [0.1, 0.15) is 73.2 Å². The van der Waals surface area contributed by atoms with Crippen LogP contribution in [0, 0.1) is 0 Å². The molecule has 582 valence electrons. The van der Waals surface area contributed by atoms with Crippen molar-refractivity contribution < 1.29 is 89.4 Å². The summed E-state index contributed by atoms with van der Waals surface area (Å²) in [6.45, 7) is 1.66. The van der Waals surface area contributed by atoms with Gasteiger partial charge in [-0.1, -0.05) is 305 Å². The second-order valence-corrected chi connectivity index (χ2v) is 28.5. The van der Waals surface area contributed by atoms with Gasteiger partial charge in [-0.3, -0.25) is 4.79 Å². The van der Waals surface area contributed by atoms with Crippen LogP contribution >= 0.6 is 0 Å². The Hall–Kier alpha value is -2.77. The van der Waals surface area contributed by atoms with Crippen LogP contribution < -0.4 is 5.32 Å². The van der Waals surface area contributed by atoms with Crippen LogP contribution in [0.2, 0.25) is 0 Å². The van der Waals surface area contributed by atoms with Crippen molar-refractivity contribution in [2.45, 2.75) is 407 Å². The van der Waals surface area contributed by atoms with Crippen molar-refractivity contribution in [3.8, 4) is 0 Å². The molecule has 3 saturated heterocycles. The number of unbranched alkanes of at least 4 members (excludes halogenated alkanes) is 37. The van der Waals surface area contributed by atoms with Gasteiger partial charge in [0.25, 0.3) is 0 Å². The molecule has 0 spiro atoms. The molecule has 17 atom stereocenters.